The Bertz CT molecular complexity index is 650. The van der Waals surface area contributed by atoms with E-state index in [1.165, 1.54) is 0 Å². The van der Waals surface area contributed by atoms with Gasteiger partial charge in [0.2, 0.25) is 0 Å². The van der Waals surface area contributed by atoms with Gasteiger partial charge in [-0.25, -0.2) is 9.48 Å². The van der Waals surface area contributed by atoms with E-state index >= 15 is 0 Å². The smallest absolute Gasteiger partial charge is 0.320 e. The summed E-state index contributed by atoms with van der Waals surface area (Å²) in [6, 6.07) is 5.63. The summed E-state index contributed by atoms with van der Waals surface area (Å²) < 4.78 is 1.86. The topological polar surface area (TPSA) is 71.8 Å². The summed E-state index contributed by atoms with van der Waals surface area (Å²) in [5, 5.41) is 10.0. The quantitative estimate of drug-likeness (QED) is 0.856. The minimum Gasteiger partial charge on any atom is -0.334 e. The number of aryl methyl sites for hydroxylation is 1. The van der Waals surface area contributed by atoms with Crippen molar-refractivity contribution in [3.63, 3.8) is 0 Å². The molecule has 1 atom stereocenters. The molecule has 2 rings (SSSR count). The molecule has 2 aromatic heterocycles. The number of rotatable bonds is 6. The van der Waals surface area contributed by atoms with E-state index < -0.39 is 0 Å². The molecule has 0 bridgehead atoms. The fourth-order valence-electron chi connectivity index (χ4n) is 2.59. The van der Waals surface area contributed by atoms with E-state index in [1.807, 2.05) is 29.8 Å². The van der Waals surface area contributed by atoms with Gasteiger partial charge in [0.15, 0.2) is 0 Å². The molecular formula is C17H25N5O. The summed E-state index contributed by atoms with van der Waals surface area (Å²) >= 11 is 0. The minimum atomic E-state index is -0.244. The predicted molar refractivity (Wildman–Crippen MR) is 91.2 cm³/mol. The molecule has 2 N–H and O–H groups in total. The first-order valence-corrected chi connectivity index (χ1v) is 7.96. The fraction of sp³-hybridized carbons (Fsp3) is 0.471. The summed E-state index contributed by atoms with van der Waals surface area (Å²) in [4.78, 5) is 16.3. The van der Waals surface area contributed by atoms with Gasteiger partial charge in [0.25, 0.3) is 0 Å². The molecule has 23 heavy (non-hydrogen) atoms. The average molecular weight is 315 g/mol. The Labute approximate surface area is 137 Å². The molecule has 0 aliphatic heterocycles. The number of nitrogens with zero attached hydrogens (tertiary/aromatic N) is 3. The molecule has 0 spiro atoms. The third-order valence-corrected chi connectivity index (χ3v) is 3.70. The van der Waals surface area contributed by atoms with Gasteiger partial charge in [0.05, 0.1) is 12.2 Å². The maximum Gasteiger partial charge on any atom is 0.320 e. The highest BCUT2D eigenvalue weighted by Gasteiger charge is 2.13. The SMILES string of the molecule is Cc1ncccc1CNC(=O)Nc1ccnn1[C@@H](C)CC(C)C. The first kappa shape index (κ1) is 17.0. The second-order valence-electron chi connectivity index (χ2n) is 6.20. The van der Waals surface area contributed by atoms with Crippen LogP contribution < -0.4 is 10.6 Å². The van der Waals surface area contributed by atoms with Crippen molar-refractivity contribution >= 4 is 11.8 Å². The van der Waals surface area contributed by atoms with Crippen LogP contribution in [-0.4, -0.2) is 20.8 Å². The molecule has 2 heterocycles. The maximum atomic E-state index is 12.1. The van der Waals surface area contributed by atoms with Crippen LogP contribution in [0.25, 0.3) is 0 Å². The molecule has 0 aromatic carbocycles. The Morgan fingerprint density at radius 1 is 1.26 bits per heavy atom. The molecule has 0 aliphatic carbocycles. The first-order chi connectivity index (χ1) is 11.0. The van der Waals surface area contributed by atoms with Crippen molar-refractivity contribution in [3.8, 4) is 0 Å². The highest BCUT2D eigenvalue weighted by Crippen LogP contribution is 2.20. The van der Waals surface area contributed by atoms with Gasteiger partial charge in [-0.15, -0.1) is 0 Å². The number of carbonyl (C=O) groups excluding carboxylic acids is 1. The Balaban J connectivity index is 1.93. The van der Waals surface area contributed by atoms with Gasteiger partial charge in [-0.2, -0.15) is 5.10 Å². The zero-order chi connectivity index (χ0) is 16.8. The zero-order valence-electron chi connectivity index (χ0n) is 14.2. The fourth-order valence-corrected chi connectivity index (χ4v) is 2.59. The highest BCUT2D eigenvalue weighted by molar-refractivity contribution is 5.88. The maximum absolute atomic E-state index is 12.1. The van der Waals surface area contributed by atoms with Crippen molar-refractivity contribution in [2.24, 2.45) is 5.92 Å². The second-order valence-corrected chi connectivity index (χ2v) is 6.20. The largest absolute Gasteiger partial charge is 0.334 e. The van der Waals surface area contributed by atoms with Crippen LogP contribution in [0.4, 0.5) is 10.6 Å². The molecular weight excluding hydrogens is 290 g/mol. The lowest BCUT2D eigenvalue weighted by atomic mass is 10.1. The highest BCUT2D eigenvalue weighted by atomic mass is 16.2. The molecule has 0 saturated carbocycles. The van der Waals surface area contributed by atoms with E-state index in [-0.39, 0.29) is 12.1 Å². The summed E-state index contributed by atoms with van der Waals surface area (Å²) in [5.41, 5.74) is 1.92. The van der Waals surface area contributed by atoms with Crippen molar-refractivity contribution in [1.82, 2.24) is 20.1 Å². The van der Waals surface area contributed by atoms with Crippen LogP contribution in [0.1, 0.15) is 44.5 Å². The number of carbonyl (C=O) groups is 1. The van der Waals surface area contributed by atoms with Crippen LogP contribution >= 0.6 is 0 Å². The lowest BCUT2D eigenvalue weighted by molar-refractivity contribution is 0.251. The van der Waals surface area contributed by atoms with Gasteiger partial charge in [-0.05, 0) is 37.8 Å². The molecule has 6 heteroatoms. The predicted octanol–water partition coefficient (Wildman–Crippen LogP) is 3.52. The number of amides is 2. The minimum absolute atomic E-state index is 0.237. The molecule has 0 unspecified atom stereocenters. The van der Waals surface area contributed by atoms with Crippen molar-refractivity contribution in [3.05, 3.63) is 41.9 Å². The number of urea groups is 1. The molecule has 0 radical (unpaired) electrons. The Morgan fingerprint density at radius 2 is 2.04 bits per heavy atom. The Morgan fingerprint density at radius 3 is 2.74 bits per heavy atom. The lowest BCUT2D eigenvalue weighted by Gasteiger charge is -2.18. The van der Waals surface area contributed by atoms with Crippen LogP contribution in [0.5, 0.6) is 0 Å². The summed E-state index contributed by atoms with van der Waals surface area (Å²) in [7, 11) is 0. The summed E-state index contributed by atoms with van der Waals surface area (Å²) in [6.07, 6.45) is 4.46. The number of pyridine rings is 1. The van der Waals surface area contributed by atoms with Crippen LogP contribution in [0.3, 0.4) is 0 Å². The third kappa shape index (κ3) is 4.81. The van der Waals surface area contributed by atoms with Crippen LogP contribution in [0.15, 0.2) is 30.6 Å². The molecule has 2 aromatic rings. The molecule has 0 saturated heterocycles. The molecule has 2 amide bonds. The standard InChI is InChI=1S/C17H25N5O/c1-12(2)10-13(3)22-16(7-9-20-22)21-17(23)19-11-15-6-5-8-18-14(15)4/h5-9,12-13H,10-11H2,1-4H3,(H2,19,21,23)/t13-/m0/s1. The lowest BCUT2D eigenvalue weighted by Crippen LogP contribution is -2.30. The number of nitrogens with one attached hydrogen (secondary N) is 2. The van der Waals surface area contributed by atoms with Gasteiger partial charge in [-0.3, -0.25) is 10.3 Å². The van der Waals surface area contributed by atoms with E-state index in [1.54, 1.807) is 12.4 Å². The van der Waals surface area contributed by atoms with Gasteiger partial charge < -0.3 is 5.32 Å². The number of hydrogen-bond acceptors (Lipinski definition) is 3. The van der Waals surface area contributed by atoms with E-state index in [0.29, 0.717) is 18.3 Å². The number of hydrogen-bond donors (Lipinski definition) is 2. The first-order valence-electron chi connectivity index (χ1n) is 7.96. The number of anilines is 1. The van der Waals surface area contributed by atoms with E-state index in [4.69, 9.17) is 0 Å². The van der Waals surface area contributed by atoms with Gasteiger partial charge in [-0.1, -0.05) is 19.9 Å². The van der Waals surface area contributed by atoms with Crippen LogP contribution in [0, 0.1) is 12.8 Å². The van der Waals surface area contributed by atoms with Crippen molar-refractivity contribution in [1.29, 1.82) is 0 Å². The Hall–Kier alpha value is -2.37. The molecule has 0 fully saturated rings. The normalized spacial score (nSPS) is 12.2. The Kier molecular flexibility index (Phi) is 5.73. The molecule has 0 aliphatic rings. The summed E-state index contributed by atoms with van der Waals surface area (Å²) in [5.74, 6) is 1.28. The van der Waals surface area contributed by atoms with Crippen LogP contribution in [0.2, 0.25) is 0 Å². The zero-order valence-corrected chi connectivity index (χ0v) is 14.2. The van der Waals surface area contributed by atoms with Crippen molar-refractivity contribution < 1.29 is 4.79 Å². The van der Waals surface area contributed by atoms with Crippen molar-refractivity contribution in [2.45, 2.75) is 46.7 Å². The molecule has 6 nitrogen and oxygen atoms in total. The molecule has 124 valence electrons. The van der Waals surface area contributed by atoms with Gasteiger partial charge >= 0.3 is 6.03 Å². The van der Waals surface area contributed by atoms with E-state index in [0.717, 1.165) is 17.7 Å². The van der Waals surface area contributed by atoms with Gasteiger partial charge in [0.1, 0.15) is 5.82 Å². The monoisotopic (exact) mass is 315 g/mol. The van der Waals surface area contributed by atoms with Crippen LogP contribution in [-0.2, 0) is 6.54 Å². The van der Waals surface area contributed by atoms with E-state index in [9.17, 15) is 4.79 Å². The number of aromatic nitrogens is 3. The average Bonchev–Trinajstić information content (AvgIpc) is 2.94. The third-order valence-electron chi connectivity index (χ3n) is 3.70. The van der Waals surface area contributed by atoms with Crippen molar-refractivity contribution in [2.75, 3.05) is 5.32 Å². The van der Waals surface area contributed by atoms with E-state index in [2.05, 4.69) is 41.5 Å². The summed E-state index contributed by atoms with van der Waals surface area (Å²) in [6.45, 7) is 8.83. The second kappa shape index (κ2) is 7.76. The van der Waals surface area contributed by atoms with Gasteiger partial charge in [0, 0.05) is 24.5 Å².